The van der Waals surface area contributed by atoms with E-state index in [0.29, 0.717) is 35.3 Å². The summed E-state index contributed by atoms with van der Waals surface area (Å²) >= 11 is 0. The molecule has 1 amide bonds. The van der Waals surface area contributed by atoms with Crippen molar-refractivity contribution in [1.82, 2.24) is 5.32 Å². The molecule has 1 aromatic rings. The Morgan fingerprint density at radius 3 is 2.18 bits per heavy atom. The number of carbonyl (C=O) groups excluding carboxylic acids is 1. The van der Waals surface area contributed by atoms with Crippen molar-refractivity contribution in [3.05, 3.63) is 17.7 Å². The minimum absolute atomic E-state index is 0. The summed E-state index contributed by atoms with van der Waals surface area (Å²) in [6.07, 6.45) is 2.31. The molecule has 0 radical (unpaired) electrons. The summed E-state index contributed by atoms with van der Waals surface area (Å²) in [7, 11) is 4.55. The van der Waals surface area contributed by atoms with Gasteiger partial charge >= 0.3 is 0 Å². The van der Waals surface area contributed by atoms with Crippen LogP contribution in [0.5, 0.6) is 17.2 Å². The van der Waals surface area contributed by atoms with Crippen molar-refractivity contribution in [1.29, 1.82) is 0 Å². The maximum atomic E-state index is 12.2. The van der Waals surface area contributed by atoms with Crippen LogP contribution in [-0.4, -0.2) is 39.8 Å². The van der Waals surface area contributed by atoms with Crippen LogP contribution >= 0.6 is 12.4 Å². The molecule has 0 aromatic heterocycles. The van der Waals surface area contributed by atoms with Crippen molar-refractivity contribution >= 4 is 18.3 Å². The molecular formula is C15H23ClN2O4. The monoisotopic (exact) mass is 330 g/mol. The molecule has 1 unspecified atom stereocenters. The van der Waals surface area contributed by atoms with Crippen molar-refractivity contribution in [2.75, 3.05) is 27.9 Å². The van der Waals surface area contributed by atoms with E-state index in [9.17, 15) is 4.79 Å². The van der Waals surface area contributed by atoms with E-state index in [1.165, 1.54) is 21.3 Å². The lowest BCUT2D eigenvalue weighted by Gasteiger charge is -2.15. The van der Waals surface area contributed by atoms with Crippen LogP contribution in [0.1, 0.15) is 23.2 Å². The second kappa shape index (κ2) is 8.10. The number of amides is 1. The number of ether oxygens (including phenoxy) is 3. The zero-order valence-corrected chi connectivity index (χ0v) is 13.9. The van der Waals surface area contributed by atoms with E-state index in [0.717, 1.165) is 12.8 Å². The van der Waals surface area contributed by atoms with Gasteiger partial charge in [0.2, 0.25) is 5.75 Å². The van der Waals surface area contributed by atoms with Crippen molar-refractivity contribution in [3.63, 3.8) is 0 Å². The van der Waals surface area contributed by atoms with Gasteiger partial charge in [-0.25, -0.2) is 0 Å². The van der Waals surface area contributed by atoms with Gasteiger partial charge in [-0.1, -0.05) is 0 Å². The Labute approximate surface area is 136 Å². The molecule has 1 atom stereocenters. The molecule has 1 aromatic carbocycles. The number of hydrogen-bond acceptors (Lipinski definition) is 5. The normalized spacial score (nSPS) is 14.5. The molecule has 1 aliphatic rings. The zero-order valence-electron chi connectivity index (χ0n) is 13.0. The Bertz CT molecular complexity index is 495. The molecule has 6 nitrogen and oxygen atoms in total. The highest BCUT2D eigenvalue weighted by molar-refractivity contribution is 5.95. The van der Waals surface area contributed by atoms with Gasteiger partial charge < -0.3 is 25.3 Å². The number of nitrogens with one attached hydrogen (secondary N) is 1. The first kappa shape index (κ1) is 18.4. The maximum absolute atomic E-state index is 12.2. The topological polar surface area (TPSA) is 82.8 Å². The first-order valence-corrected chi connectivity index (χ1v) is 6.94. The van der Waals surface area contributed by atoms with Crippen LogP contribution in [0.25, 0.3) is 0 Å². The number of benzene rings is 1. The third-order valence-electron chi connectivity index (χ3n) is 3.65. The van der Waals surface area contributed by atoms with E-state index >= 15 is 0 Å². The summed E-state index contributed by atoms with van der Waals surface area (Å²) in [5.74, 6) is 1.71. The molecule has 0 spiro atoms. The predicted octanol–water partition coefficient (Wildman–Crippen LogP) is 1.60. The lowest BCUT2D eigenvalue weighted by atomic mass is 10.1. The first-order valence-electron chi connectivity index (χ1n) is 6.94. The summed E-state index contributed by atoms with van der Waals surface area (Å²) in [6.45, 7) is 0.472. The highest BCUT2D eigenvalue weighted by atomic mass is 35.5. The number of nitrogens with two attached hydrogens (primary N) is 1. The number of methoxy groups -OCH3 is 3. The number of halogens is 1. The van der Waals surface area contributed by atoms with E-state index < -0.39 is 0 Å². The molecule has 22 heavy (non-hydrogen) atoms. The molecule has 0 saturated heterocycles. The summed E-state index contributed by atoms with van der Waals surface area (Å²) < 4.78 is 15.7. The van der Waals surface area contributed by atoms with E-state index in [1.807, 2.05) is 0 Å². The molecule has 0 aliphatic heterocycles. The molecule has 3 N–H and O–H groups in total. The van der Waals surface area contributed by atoms with E-state index in [2.05, 4.69) is 5.32 Å². The minimum Gasteiger partial charge on any atom is -0.493 e. The molecular weight excluding hydrogens is 308 g/mol. The highest BCUT2D eigenvalue weighted by Crippen LogP contribution is 2.38. The van der Waals surface area contributed by atoms with Crippen molar-refractivity contribution < 1.29 is 19.0 Å². The van der Waals surface area contributed by atoms with Crippen LogP contribution in [0.15, 0.2) is 12.1 Å². The Hall–Kier alpha value is -1.66. The summed E-state index contributed by atoms with van der Waals surface area (Å²) in [5.41, 5.74) is 6.43. The van der Waals surface area contributed by atoms with E-state index in [1.54, 1.807) is 12.1 Å². The Morgan fingerprint density at radius 2 is 1.77 bits per heavy atom. The third kappa shape index (κ3) is 4.18. The van der Waals surface area contributed by atoms with E-state index in [4.69, 9.17) is 19.9 Å². The SMILES string of the molecule is COc1cc(C(=O)NCC(N)C2CC2)cc(OC)c1OC.Cl. The van der Waals surface area contributed by atoms with Crippen molar-refractivity contribution in [2.24, 2.45) is 11.7 Å². The highest BCUT2D eigenvalue weighted by Gasteiger charge is 2.28. The maximum Gasteiger partial charge on any atom is 0.251 e. The van der Waals surface area contributed by atoms with Gasteiger partial charge in [-0.2, -0.15) is 0 Å². The third-order valence-corrected chi connectivity index (χ3v) is 3.65. The molecule has 2 rings (SSSR count). The van der Waals surface area contributed by atoms with Crippen molar-refractivity contribution in [3.8, 4) is 17.2 Å². The van der Waals surface area contributed by atoms with Gasteiger partial charge in [-0.3, -0.25) is 4.79 Å². The van der Waals surface area contributed by atoms with Crippen LogP contribution < -0.4 is 25.3 Å². The van der Waals surface area contributed by atoms with Crippen LogP contribution in [0.2, 0.25) is 0 Å². The van der Waals surface area contributed by atoms with Gasteiger partial charge in [-0.15, -0.1) is 12.4 Å². The number of hydrogen-bond donors (Lipinski definition) is 2. The lowest BCUT2D eigenvalue weighted by molar-refractivity contribution is 0.0949. The lowest BCUT2D eigenvalue weighted by Crippen LogP contribution is -2.38. The van der Waals surface area contributed by atoms with Gasteiger partial charge in [-0.05, 0) is 30.9 Å². The fourth-order valence-corrected chi connectivity index (χ4v) is 2.22. The first-order chi connectivity index (χ1) is 10.1. The summed E-state index contributed by atoms with van der Waals surface area (Å²) in [5, 5.41) is 2.84. The average Bonchev–Trinajstić information content (AvgIpc) is 3.35. The van der Waals surface area contributed by atoms with Crippen LogP contribution in [0, 0.1) is 5.92 Å². The quantitative estimate of drug-likeness (QED) is 0.793. The van der Waals surface area contributed by atoms with Crippen LogP contribution in [0.4, 0.5) is 0 Å². The molecule has 7 heteroatoms. The number of carbonyl (C=O) groups is 1. The summed E-state index contributed by atoms with van der Waals surface area (Å²) in [4.78, 5) is 12.2. The Morgan fingerprint density at radius 1 is 1.23 bits per heavy atom. The average molecular weight is 331 g/mol. The van der Waals surface area contributed by atoms with Crippen LogP contribution in [0.3, 0.4) is 0 Å². The molecule has 0 heterocycles. The van der Waals surface area contributed by atoms with Crippen molar-refractivity contribution in [2.45, 2.75) is 18.9 Å². The largest absolute Gasteiger partial charge is 0.493 e. The van der Waals surface area contributed by atoms with E-state index in [-0.39, 0.29) is 24.4 Å². The second-order valence-electron chi connectivity index (χ2n) is 5.13. The fourth-order valence-electron chi connectivity index (χ4n) is 2.22. The molecule has 0 bridgehead atoms. The minimum atomic E-state index is -0.203. The zero-order chi connectivity index (χ0) is 15.4. The van der Waals surface area contributed by atoms with Gasteiger partial charge in [0.15, 0.2) is 11.5 Å². The smallest absolute Gasteiger partial charge is 0.251 e. The predicted molar refractivity (Wildman–Crippen MR) is 86.4 cm³/mol. The second-order valence-corrected chi connectivity index (χ2v) is 5.13. The summed E-state index contributed by atoms with van der Waals surface area (Å²) in [6, 6.07) is 3.27. The van der Waals surface area contributed by atoms with Crippen LogP contribution in [-0.2, 0) is 0 Å². The van der Waals surface area contributed by atoms with Gasteiger partial charge in [0.05, 0.1) is 21.3 Å². The Kier molecular flexibility index (Phi) is 6.77. The van der Waals surface area contributed by atoms with Gasteiger partial charge in [0.25, 0.3) is 5.91 Å². The fraction of sp³-hybridized carbons (Fsp3) is 0.533. The number of rotatable bonds is 7. The molecule has 1 aliphatic carbocycles. The standard InChI is InChI=1S/C15H22N2O4.ClH/c1-19-12-6-10(7-13(20-2)14(12)21-3)15(18)17-8-11(16)9-4-5-9;/h6-7,9,11H,4-5,8,16H2,1-3H3,(H,17,18);1H. The van der Waals surface area contributed by atoms with Gasteiger partial charge in [0, 0.05) is 18.2 Å². The van der Waals surface area contributed by atoms with Gasteiger partial charge in [0.1, 0.15) is 0 Å². The molecule has 1 fully saturated rings. The Balaban J connectivity index is 0.00000242. The molecule has 124 valence electrons. The molecule has 1 saturated carbocycles.